The van der Waals surface area contributed by atoms with Crippen molar-refractivity contribution in [2.75, 3.05) is 23.3 Å². The van der Waals surface area contributed by atoms with Crippen molar-refractivity contribution in [1.29, 1.82) is 0 Å². The highest BCUT2D eigenvalue weighted by Crippen LogP contribution is 2.38. The van der Waals surface area contributed by atoms with Gasteiger partial charge in [0, 0.05) is 23.7 Å². The average molecular weight is 428 g/mol. The molecule has 1 aromatic heterocycles. The minimum Gasteiger partial charge on any atom is -0.356 e. The summed E-state index contributed by atoms with van der Waals surface area (Å²) in [5, 5.41) is 4.77. The number of hydrogen-bond acceptors (Lipinski definition) is 4. The van der Waals surface area contributed by atoms with Crippen LogP contribution in [0.25, 0.3) is 0 Å². The fraction of sp³-hybridized carbons (Fsp3) is 0.500. The van der Waals surface area contributed by atoms with Crippen LogP contribution in [0.3, 0.4) is 0 Å². The second kappa shape index (κ2) is 8.85. The van der Waals surface area contributed by atoms with E-state index in [2.05, 4.69) is 29.0 Å². The first-order valence-corrected chi connectivity index (χ1v) is 10.6. The molecule has 146 valence electrons. The van der Waals surface area contributed by atoms with Crippen molar-refractivity contribution in [3.63, 3.8) is 0 Å². The Balaban J connectivity index is 2.01. The summed E-state index contributed by atoms with van der Waals surface area (Å²) in [5.41, 5.74) is 1.70. The zero-order valence-corrected chi connectivity index (χ0v) is 18.2. The van der Waals surface area contributed by atoms with Crippen LogP contribution in [0.15, 0.2) is 12.1 Å². The van der Waals surface area contributed by atoms with Gasteiger partial charge >= 0.3 is 0 Å². The van der Waals surface area contributed by atoms with Crippen LogP contribution >= 0.6 is 34.8 Å². The van der Waals surface area contributed by atoms with Gasteiger partial charge in [-0.3, -0.25) is 0 Å². The molecule has 0 saturated heterocycles. The summed E-state index contributed by atoms with van der Waals surface area (Å²) in [6.45, 7) is 8.28. The monoisotopic (exact) mass is 426 g/mol. The first kappa shape index (κ1) is 20.5. The number of nitrogens with one attached hydrogen (secondary N) is 1. The topological polar surface area (TPSA) is 41.1 Å². The van der Waals surface area contributed by atoms with Crippen molar-refractivity contribution >= 4 is 52.1 Å². The molecule has 4 nitrogen and oxygen atoms in total. The molecule has 1 fully saturated rings. The minimum absolute atomic E-state index is 0.468. The van der Waals surface area contributed by atoms with Gasteiger partial charge in [0.15, 0.2) is 0 Å². The van der Waals surface area contributed by atoms with E-state index in [0.717, 1.165) is 54.9 Å². The Morgan fingerprint density at radius 2 is 1.78 bits per heavy atom. The normalized spacial score (nSPS) is 13.7. The van der Waals surface area contributed by atoms with Gasteiger partial charge in [0.2, 0.25) is 0 Å². The van der Waals surface area contributed by atoms with Gasteiger partial charge in [-0.15, -0.1) is 0 Å². The quantitative estimate of drug-likeness (QED) is 0.510. The molecule has 7 heteroatoms. The Labute approximate surface area is 176 Å². The Morgan fingerprint density at radius 1 is 1.11 bits per heavy atom. The zero-order valence-electron chi connectivity index (χ0n) is 16.0. The molecule has 0 amide bonds. The van der Waals surface area contributed by atoms with Crippen LogP contribution < -0.4 is 10.2 Å². The molecule has 1 aliphatic rings. The van der Waals surface area contributed by atoms with E-state index in [1.165, 1.54) is 12.8 Å². The maximum absolute atomic E-state index is 6.36. The van der Waals surface area contributed by atoms with Crippen LogP contribution in [0.4, 0.5) is 17.3 Å². The Kier molecular flexibility index (Phi) is 6.72. The summed E-state index contributed by atoms with van der Waals surface area (Å²) in [7, 11) is 0. The van der Waals surface area contributed by atoms with Gasteiger partial charge in [-0.1, -0.05) is 48.7 Å². The molecule has 1 aromatic carbocycles. The molecule has 3 rings (SSSR count). The molecule has 27 heavy (non-hydrogen) atoms. The van der Waals surface area contributed by atoms with E-state index in [9.17, 15) is 0 Å². The van der Waals surface area contributed by atoms with Gasteiger partial charge in [0.25, 0.3) is 0 Å². The van der Waals surface area contributed by atoms with Gasteiger partial charge in [-0.2, -0.15) is 0 Å². The van der Waals surface area contributed by atoms with E-state index in [1.807, 2.05) is 6.92 Å². The van der Waals surface area contributed by atoms with Gasteiger partial charge in [0.05, 0.1) is 15.7 Å². The Bertz CT molecular complexity index is 798. The predicted octanol–water partition coefficient (Wildman–Crippen LogP) is 6.68. The molecular weight excluding hydrogens is 403 g/mol. The summed E-state index contributed by atoms with van der Waals surface area (Å²) in [6.07, 6.45) is 4.52. The molecule has 0 atom stereocenters. The number of aromatic nitrogens is 2. The van der Waals surface area contributed by atoms with Gasteiger partial charge in [-0.25, -0.2) is 9.97 Å². The van der Waals surface area contributed by atoms with E-state index in [-0.39, 0.29) is 0 Å². The van der Waals surface area contributed by atoms with Gasteiger partial charge in [0.1, 0.15) is 17.5 Å². The molecule has 2 aromatic rings. The Morgan fingerprint density at radius 3 is 2.33 bits per heavy atom. The van der Waals surface area contributed by atoms with Gasteiger partial charge < -0.3 is 10.2 Å². The summed E-state index contributed by atoms with van der Waals surface area (Å²) in [4.78, 5) is 11.8. The van der Waals surface area contributed by atoms with Crippen LogP contribution in [0, 0.1) is 12.8 Å². The van der Waals surface area contributed by atoms with E-state index >= 15 is 0 Å². The highest BCUT2D eigenvalue weighted by Gasteiger charge is 2.27. The molecule has 0 bridgehead atoms. The molecular formula is C20H25Cl3N4. The fourth-order valence-electron chi connectivity index (χ4n) is 3.22. The van der Waals surface area contributed by atoms with Crippen molar-refractivity contribution in [3.05, 3.63) is 38.6 Å². The van der Waals surface area contributed by atoms with E-state index in [4.69, 9.17) is 39.8 Å². The number of hydrogen-bond donors (Lipinski definition) is 1. The largest absolute Gasteiger partial charge is 0.356 e. The van der Waals surface area contributed by atoms with Crippen LogP contribution in [0.5, 0.6) is 0 Å². The molecule has 1 heterocycles. The third-order valence-corrected chi connectivity index (χ3v) is 5.48. The molecule has 0 radical (unpaired) electrons. The highest BCUT2D eigenvalue weighted by molar-refractivity contribution is 6.41. The SMILES string of the molecule is CCCN(CC1CC1)c1nc(C)nc(Nc2c(Cl)cc(Cl)cc2Cl)c1CC. The lowest BCUT2D eigenvalue weighted by Gasteiger charge is -2.27. The van der Waals surface area contributed by atoms with Crippen LogP contribution in [-0.2, 0) is 6.42 Å². The maximum Gasteiger partial charge on any atom is 0.139 e. The number of benzene rings is 1. The van der Waals surface area contributed by atoms with Crippen LogP contribution in [0.1, 0.15) is 44.5 Å². The lowest BCUT2D eigenvalue weighted by atomic mass is 10.1. The lowest BCUT2D eigenvalue weighted by molar-refractivity contribution is 0.692. The number of aryl methyl sites for hydroxylation is 1. The fourth-order valence-corrected chi connectivity index (χ4v) is 4.13. The lowest BCUT2D eigenvalue weighted by Crippen LogP contribution is -2.29. The molecule has 1 N–H and O–H groups in total. The molecule has 0 aliphatic heterocycles. The second-order valence-electron chi connectivity index (χ2n) is 7.03. The summed E-state index contributed by atoms with van der Waals surface area (Å²) in [6, 6.07) is 3.35. The molecule has 1 aliphatic carbocycles. The van der Waals surface area contributed by atoms with Crippen LogP contribution in [0.2, 0.25) is 15.1 Å². The molecule has 1 saturated carbocycles. The van der Waals surface area contributed by atoms with Crippen molar-refractivity contribution < 1.29 is 0 Å². The Hall–Kier alpha value is -1.23. The van der Waals surface area contributed by atoms with E-state index in [0.29, 0.717) is 20.8 Å². The summed E-state index contributed by atoms with van der Waals surface area (Å²) >= 11 is 18.8. The van der Waals surface area contributed by atoms with E-state index < -0.39 is 0 Å². The highest BCUT2D eigenvalue weighted by atomic mass is 35.5. The van der Waals surface area contributed by atoms with Crippen LogP contribution in [-0.4, -0.2) is 23.1 Å². The third kappa shape index (κ3) is 4.98. The standard InChI is InChI=1S/C20H25Cl3N4/c1-4-8-27(11-13-6-7-13)20-15(5-2)19(24-12(3)25-20)26-18-16(22)9-14(21)10-17(18)23/h9-10,13H,4-8,11H2,1-3H3,(H,24,25,26). The number of halogens is 3. The zero-order chi connectivity index (χ0) is 19.6. The third-order valence-electron chi connectivity index (χ3n) is 4.67. The summed E-state index contributed by atoms with van der Waals surface area (Å²) in [5.74, 6) is 3.28. The molecule has 0 unspecified atom stereocenters. The van der Waals surface area contributed by atoms with Crippen molar-refractivity contribution in [1.82, 2.24) is 9.97 Å². The average Bonchev–Trinajstić information content (AvgIpc) is 3.41. The van der Waals surface area contributed by atoms with Crippen molar-refractivity contribution in [3.8, 4) is 0 Å². The molecule has 0 spiro atoms. The number of rotatable bonds is 8. The van der Waals surface area contributed by atoms with Gasteiger partial charge in [-0.05, 0) is 50.7 Å². The van der Waals surface area contributed by atoms with E-state index in [1.54, 1.807) is 12.1 Å². The van der Waals surface area contributed by atoms with Crippen molar-refractivity contribution in [2.45, 2.75) is 46.5 Å². The first-order chi connectivity index (χ1) is 12.9. The number of anilines is 3. The maximum atomic E-state index is 6.36. The minimum atomic E-state index is 0.468. The summed E-state index contributed by atoms with van der Waals surface area (Å²) < 4.78 is 0. The first-order valence-electron chi connectivity index (χ1n) is 9.46. The van der Waals surface area contributed by atoms with Crippen molar-refractivity contribution in [2.24, 2.45) is 5.92 Å². The number of nitrogens with zero attached hydrogens (tertiary/aromatic N) is 3. The smallest absolute Gasteiger partial charge is 0.139 e. The second-order valence-corrected chi connectivity index (χ2v) is 8.28. The predicted molar refractivity (Wildman–Crippen MR) is 116 cm³/mol.